The van der Waals surface area contributed by atoms with E-state index < -0.39 is 14.4 Å². The number of ether oxygens (including phenoxy) is 1. The summed E-state index contributed by atoms with van der Waals surface area (Å²) in [5.74, 6) is 0.496. The van der Waals surface area contributed by atoms with Crippen molar-refractivity contribution in [2.75, 3.05) is 5.32 Å². The first-order valence-corrected chi connectivity index (χ1v) is 14.3. The predicted octanol–water partition coefficient (Wildman–Crippen LogP) is 7.03. The van der Waals surface area contributed by atoms with Crippen molar-refractivity contribution >= 4 is 25.7 Å². The second-order valence-corrected chi connectivity index (χ2v) is 15.0. The van der Waals surface area contributed by atoms with E-state index in [-0.39, 0.29) is 17.7 Å². The predicted molar refractivity (Wildman–Crippen MR) is 133 cm³/mol. The topological polar surface area (TPSA) is 60.5 Å². The lowest BCUT2D eigenvalue weighted by Crippen LogP contribution is -2.44. The van der Waals surface area contributed by atoms with Crippen LogP contribution in [0.3, 0.4) is 0 Å². The molecule has 1 amide bonds. The second-order valence-electron chi connectivity index (χ2n) is 10.3. The number of pyridine rings is 1. The molecule has 0 saturated carbocycles. The highest BCUT2D eigenvalue weighted by Gasteiger charge is 2.39. The van der Waals surface area contributed by atoms with Crippen LogP contribution in [0.2, 0.25) is 18.1 Å². The van der Waals surface area contributed by atoms with Gasteiger partial charge in [-0.15, -0.1) is 0 Å². The van der Waals surface area contributed by atoms with Gasteiger partial charge in [-0.1, -0.05) is 64.1 Å². The average Bonchev–Trinajstić information content (AvgIpc) is 2.72. The smallest absolute Gasteiger partial charge is 0.412 e. The van der Waals surface area contributed by atoms with Gasteiger partial charge in [-0.3, -0.25) is 10.3 Å². The minimum absolute atomic E-state index is 0.0840. The first-order valence-electron chi connectivity index (χ1n) is 11.4. The largest absolute Gasteiger partial charge is 0.444 e. The van der Waals surface area contributed by atoms with Gasteiger partial charge in [0.2, 0.25) is 0 Å². The van der Waals surface area contributed by atoms with Crippen LogP contribution in [-0.4, -0.2) is 25.5 Å². The summed E-state index contributed by atoms with van der Waals surface area (Å²) in [7, 11) is -1.88. The summed E-state index contributed by atoms with van der Waals surface area (Å²) in [5, 5.41) is 3.04. The zero-order valence-corrected chi connectivity index (χ0v) is 21.1. The molecular weight excluding hydrogens is 416 g/mol. The summed E-state index contributed by atoms with van der Waals surface area (Å²) in [6, 6.07) is 11.6. The highest BCUT2D eigenvalue weighted by atomic mass is 28.4. The number of carbonyl (C=O) groups excluding carboxylic acids is 1. The fourth-order valence-corrected chi connectivity index (χ4v) is 4.97. The molecule has 32 heavy (non-hydrogen) atoms. The first-order chi connectivity index (χ1) is 15.0. The molecule has 5 nitrogen and oxygen atoms in total. The van der Waals surface area contributed by atoms with Gasteiger partial charge in [0.05, 0.1) is 18.0 Å². The standard InChI is InChI=1S/C26H36N2O3Si/c1-19-14-21(16-22(15-19)31-32(5,6)26(2,3)4)23-12-13-27-17-24(23)28-25(29)30-18-20-10-8-7-9-11-20/h7-13,16-17,19,22H,14-15,18H2,1-6H3,(H,28,29)/t19-,22-/m0/s1. The molecule has 1 heterocycles. The molecule has 172 valence electrons. The Morgan fingerprint density at radius 2 is 1.91 bits per heavy atom. The number of aromatic nitrogens is 1. The molecule has 0 aliphatic heterocycles. The zero-order valence-electron chi connectivity index (χ0n) is 20.1. The summed E-state index contributed by atoms with van der Waals surface area (Å²) in [5.41, 5.74) is 3.78. The fraction of sp³-hybridized carbons (Fsp3) is 0.462. The van der Waals surface area contributed by atoms with Gasteiger partial charge in [0, 0.05) is 11.8 Å². The van der Waals surface area contributed by atoms with Crippen molar-refractivity contribution in [2.24, 2.45) is 5.92 Å². The molecule has 0 fully saturated rings. The molecule has 3 rings (SSSR count). The van der Waals surface area contributed by atoms with Gasteiger partial charge < -0.3 is 9.16 Å². The monoisotopic (exact) mass is 452 g/mol. The van der Waals surface area contributed by atoms with Gasteiger partial charge in [-0.05, 0) is 54.1 Å². The van der Waals surface area contributed by atoms with Crippen LogP contribution < -0.4 is 5.32 Å². The Morgan fingerprint density at radius 3 is 2.59 bits per heavy atom. The number of hydrogen-bond acceptors (Lipinski definition) is 4. The van der Waals surface area contributed by atoms with E-state index in [1.54, 1.807) is 12.4 Å². The van der Waals surface area contributed by atoms with E-state index in [0.717, 1.165) is 24.0 Å². The third-order valence-corrected chi connectivity index (χ3v) is 11.0. The Hall–Kier alpha value is -2.44. The number of nitrogens with zero attached hydrogens (tertiary/aromatic N) is 1. The maximum atomic E-state index is 12.4. The van der Waals surface area contributed by atoms with E-state index >= 15 is 0 Å². The van der Waals surface area contributed by atoms with E-state index in [0.29, 0.717) is 11.6 Å². The summed E-state index contributed by atoms with van der Waals surface area (Å²) in [4.78, 5) is 16.7. The molecule has 0 saturated heterocycles. The molecular formula is C26H36N2O3Si. The van der Waals surface area contributed by atoms with Crippen molar-refractivity contribution in [3.05, 3.63) is 66.0 Å². The molecule has 1 aromatic heterocycles. The van der Waals surface area contributed by atoms with Gasteiger partial charge in [-0.2, -0.15) is 0 Å². The van der Waals surface area contributed by atoms with Crippen LogP contribution in [0, 0.1) is 5.92 Å². The SMILES string of the molecule is C[C@H]1CC(c2ccncc2NC(=O)OCc2ccccc2)=C[C@@H](O[Si](C)(C)C(C)(C)C)C1. The molecule has 1 aliphatic rings. The minimum atomic E-state index is -1.88. The van der Waals surface area contributed by atoms with E-state index in [4.69, 9.17) is 9.16 Å². The lowest BCUT2D eigenvalue weighted by molar-refractivity contribution is 0.155. The molecule has 0 bridgehead atoms. The van der Waals surface area contributed by atoms with Gasteiger partial charge in [0.25, 0.3) is 0 Å². The highest BCUT2D eigenvalue weighted by Crippen LogP contribution is 2.41. The number of hydrogen-bond donors (Lipinski definition) is 1. The highest BCUT2D eigenvalue weighted by molar-refractivity contribution is 6.74. The second kappa shape index (κ2) is 10.0. The number of anilines is 1. The van der Waals surface area contributed by atoms with Crippen LogP contribution >= 0.6 is 0 Å². The lowest BCUT2D eigenvalue weighted by Gasteiger charge is -2.40. The Balaban J connectivity index is 1.75. The number of rotatable bonds is 6. The summed E-state index contributed by atoms with van der Waals surface area (Å²) < 4.78 is 12.1. The molecule has 0 radical (unpaired) electrons. The zero-order chi connectivity index (χ0) is 23.4. The van der Waals surface area contributed by atoms with Crippen LogP contribution in [0.15, 0.2) is 54.9 Å². The molecule has 2 aromatic rings. The molecule has 1 aliphatic carbocycles. The van der Waals surface area contributed by atoms with Crippen molar-refractivity contribution in [3.63, 3.8) is 0 Å². The minimum Gasteiger partial charge on any atom is -0.444 e. The Kier molecular flexibility index (Phi) is 7.57. The van der Waals surface area contributed by atoms with Gasteiger partial charge >= 0.3 is 6.09 Å². The molecule has 1 aromatic carbocycles. The van der Waals surface area contributed by atoms with Crippen molar-refractivity contribution in [1.82, 2.24) is 4.98 Å². The third kappa shape index (κ3) is 6.30. The van der Waals surface area contributed by atoms with Crippen molar-refractivity contribution < 1.29 is 14.0 Å². The Morgan fingerprint density at radius 1 is 1.19 bits per heavy atom. The van der Waals surface area contributed by atoms with Gasteiger partial charge in [-0.25, -0.2) is 4.79 Å². The molecule has 2 atom stereocenters. The number of carbonyl (C=O) groups is 1. The third-order valence-electron chi connectivity index (χ3n) is 6.46. The molecule has 0 spiro atoms. The molecule has 0 unspecified atom stereocenters. The van der Waals surface area contributed by atoms with Crippen molar-refractivity contribution in [3.8, 4) is 0 Å². The van der Waals surface area contributed by atoms with Crippen LogP contribution in [0.4, 0.5) is 10.5 Å². The quantitative estimate of drug-likeness (QED) is 0.478. The molecule has 1 N–H and O–H groups in total. The van der Waals surface area contributed by atoms with Crippen molar-refractivity contribution in [1.29, 1.82) is 0 Å². The number of nitrogens with one attached hydrogen (secondary N) is 1. The van der Waals surface area contributed by atoms with E-state index in [2.05, 4.69) is 57.2 Å². The summed E-state index contributed by atoms with van der Waals surface area (Å²) in [6.45, 7) is 13.9. The average molecular weight is 453 g/mol. The van der Waals surface area contributed by atoms with Crippen LogP contribution in [-0.2, 0) is 15.8 Å². The maximum absolute atomic E-state index is 12.4. The number of allylic oxidation sites excluding steroid dienone is 1. The molecule has 6 heteroatoms. The van der Waals surface area contributed by atoms with Crippen LogP contribution in [0.25, 0.3) is 5.57 Å². The van der Waals surface area contributed by atoms with Crippen LogP contribution in [0.1, 0.15) is 51.7 Å². The normalized spacial score (nSPS) is 19.2. The van der Waals surface area contributed by atoms with Gasteiger partial charge in [0.15, 0.2) is 8.32 Å². The first kappa shape index (κ1) is 24.2. The van der Waals surface area contributed by atoms with E-state index in [1.165, 1.54) is 5.57 Å². The summed E-state index contributed by atoms with van der Waals surface area (Å²) in [6.07, 6.45) is 7.25. The Bertz CT molecular complexity index is 951. The lowest BCUT2D eigenvalue weighted by atomic mass is 9.85. The van der Waals surface area contributed by atoms with Gasteiger partial charge in [0.1, 0.15) is 6.61 Å². The number of amides is 1. The summed E-state index contributed by atoms with van der Waals surface area (Å²) >= 11 is 0. The number of benzene rings is 1. The maximum Gasteiger partial charge on any atom is 0.412 e. The van der Waals surface area contributed by atoms with E-state index in [1.807, 2.05) is 36.4 Å². The fourth-order valence-electron chi connectivity index (χ4n) is 3.70. The van der Waals surface area contributed by atoms with Crippen molar-refractivity contribution in [2.45, 2.75) is 71.4 Å². The van der Waals surface area contributed by atoms with Crippen LogP contribution in [0.5, 0.6) is 0 Å². The Labute approximate surface area is 193 Å². The van der Waals surface area contributed by atoms with E-state index in [9.17, 15) is 4.79 Å².